The number of rotatable bonds is 8. The Labute approximate surface area is 214 Å². The van der Waals surface area contributed by atoms with Crippen molar-refractivity contribution >= 4 is 16.9 Å². The predicted molar refractivity (Wildman–Crippen MR) is 140 cm³/mol. The van der Waals surface area contributed by atoms with Crippen molar-refractivity contribution in [2.24, 2.45) is 0 Å². The van der Waals surface area contributed by atoms with Crippen LogP contribution in [0, 0.1) is 11.3 Å². The molecule has 2 aromatic carbocycles. The van der Waals surface area contributed by atoms with Gasteiger partial charge >= 0.3 is 0 Å². The highest BCUT2D eigenvalue weighted by Crippen LogP contribution is 2.30. The Hall–Kier alpha value is -4.97. The Morgan fingerprint density at radius 1 is 1.00 bits per heavy atom. The fourth-order valence-electron chi connectivity index (χ4n) is 4.09. The number of aromatic nitrogens is 5. The third-order valence-electron chi connectivity index (χ3n) is 6.11. The maximum Gasteiger partial charge on any atom is 0.157 e. The van der Waals surface area contributed by atoms with E-state index in [0.717, 1.165) is 16.8 Å². The smallest absolute Gasteiger partial charge is 0.157 e. The van der Waals surface area contributed by atoms with Crippen molar-refractivity contribution in [3.8, 4) is 28.8 Å². The number of fused-ring (bicyclic) bond motifs is 1. The Morgan fingerprint density at radius 3 is 2.59 bits per heavy atom. The first kappa shape index (κ1) is 23.8. The lowest BCUT2D eigenvalue weighted by atomic mass is 10.0. The van der Waals surface area contributed by atoms with E-state index >= 15 is 0 Å². The molecule has 1 N–H and O–H groups in total. The van der Waals surface area contributed by atoms with Crippen LogP contribution in [0.5, 0.6) is 11.5 Å². The molecular formula is C28H25N7O2. The van der Waals surface area contributed by atoms with E-state index in [9.17, 15) is 5.26 Å². The van der Waals surface area contributed by atoms with Gasteiger partial charge in [-0.15, -0.1) is 5.10 Å². The van der Waals surface area contributed by atoms with Crippen molar-refractivity contribution in [3.05, 3.63) is 89.7 Å². The molecule has 0 aliphatic carbocycles. The van der Waals surface area contributed by atoms with Crippen molar-refractivity contribution in [1.82, 2.24) is 25.0 Å². The number of methoxy groups -OCH3 is 2. The average Bonchev–Trinajstić information content (AvgIpc) is 3.40. The van der Waals surface area contributed by atoms with Crippen LogP contribution in [0.15, 0.2) is 72.9 Å². The second-order valence-electron chi connectivity index (χ2n) is 8.36. The fourth-order valence-corrected chi connectivity index (χ4v) is 4.09. The molecule has 9 nitrogen and oxygen atoms in total. The number of benzene rings is 2. The van der Waals surface area contributed by atoms with Crippen LogP contribution in [-0.4, -0.2) is 39.2 Å². The molecule has 0 aliphatic heterocycles. The van der Waals surface area contributed by atoms with Gasteiger partial charge in [-0.1, -0.05) is 24.3 Å². The predicted octanol–water partition coefficient (Wildman–Crippen LogP) is 5.00. The molecule has 3 heterocycles. The molecule has 9 heteroatoms. The molecule has 3 aromatic heterocycles. The van der Waals surface area contributed by atoms with Crippen LogP contribution in [0.1, 0.15) is 29.8 Å². The number of nitrogens with one attached hydrogen (secondary N) is 1. The van der Waals surface area contributed by atoms with Crippen molar-refractivity contribution in [1.29, 1.82) is 5.26 Å². The number of nitrogens with zero attached hydrogens (tertiary/aromatic N) is 6. The number of nitriles is 1. The van der Waals surface area contributed by atoms with Crippen LogP contribution in [0.25, 0.3) is 22.3 Å². The summed E-state index contributed by atoms with van der Waals surface area (Å²) in [5.74, 6) is 1.96. The minimum absolute atomic E-state index is 0.182. The van der Waals surface area contributed by atoms with Crippen LogP contribution in [0.4, 0.5) is 5.82 Å². The standard InChI is InChI=1S/C28H25N7O2/c1-18(23-10-6-7-13-30-23)35-33-25-15-24(22-9-5-4-8-19(22)16-29)32-28(27(25)34-35)31-17-20-11-12-21(36-2)14-26(20)37-3/h4-15,18H,17H2,1-3H3,(H,31,32). The number of anilines is 1. The zero-order valence-corrected chi connectivity index (χ0v) is 20.7. The van der Waals surface area contributed by atoms with Crippen LogP contribution >= 0.6 is 0 Å². The topological polar surface area (TPSA) is 111 Å². The molecule has 0 saturated carbocycles. The molecule has 0 fully saturated rings. The average molecular weight is 492 g/mol. The zero-order chi connectivity index (χ0) is 25.8. The van der Waals surface area contributed by atoms with Crippen molar-refractivity contribution in [3.63, 3.8) is 0 Å². The summed E-state index contributed by atoms with van der Waals surface area (Å²) in [5, 5.41) is 22.6. The highest BCUT2D eigenvalue weighted by Gasteiger charge is 2.19. The van der Waals surface area contributed by atoms with Gasteiger partial charge in [0.05, 0.1) is 37.2 Å². The monoisotopic (exact) mass is 491 g/mol. The molecule has 5 rings (SSSR count). The minimum atomic E-state index is -0.182. The number of ether oxygens (including phenoxy) is 2. The lowest BCUT2D eigenvalue weighted by Crippen LogP contribution is -2.11. The lowest BCUT2D eigenvalue weighted by Gasteiger charge is -2.13. The summed E-state index contributed by atoms with van der Waals surface area (Å²) >= 11 is 0. The SMILES string of the molecule is COc1ccc(CNc2nc(-c3ccccc3C#N)cc3nn(C(C)c4ccccn4)nc23)c(OC)c1. The number of pyridine rings is 2. The summed E-state index contributed by atoms with van der Waals surface area (Å²) in [6.07, 6.45) is 1.75. The van der Waals surface area contributed by atoms with Gasteiger partial charge in [0.1, 0.15) is 23.1 Å². The molecule has 5 aromatic rings. The number of hydrogen-bond acceptors (Lipinski definition) is 8. The normalized spacial score (nSPS) is 11.6. The first-order valence-corrected chi connectivity index (χ1v) is 11.7. The van der Waals surface area contributed by atoms with Gasteiger partial charge in [0.2, 0.25) is 0 Å². The van der Waals surface area contributed by atoms with Crippen molar-refractivity contribution in [2.75, 3.05) is 19.5 Å². The van der Waals surface area contributed by atoms with E-state index in [4.69, 9.17) is 24.7 Å². The molecule has 0 amide bonds. The highest BCUT2D eigenvalue weighted by atomic mass is 16.5. The van der Waals surface area contributed by atoms with Gasteiger partial charge in [0, 0.05) is 29.9 Å². The molecule has 0 spiro atoms. The maximum absolute atomic E-state index is 9.66. The van der Waals surface area contributed by atoms with Crippen LogP contribution in [0.3, 0.4) is 0 Å². The quantitative estimate of drug-likeness (QED) is 0.323. The van der Waals surface area contributed by atoms with Crippen molar-refractivity contribution in [2.45, 2.75) is 19.5 Å². The summed E-state index contributed by atoms with van der Waals surface area (Å²) in [5.41, 5.74) is 4.94. The van der Waals surface area contributed by atoms with Crippen molar-refractivity contribution < 1.29 is 9.47 Å². The molecule has 0 aliphatic rings. The molecule has 0 saturated heterocycles. The highest BCUT2D eigenvalue weighted by molar-refractivity contribution is 5.89. The summed E-state index contributed by atoms with van der Waals surface area (Å²) in [6.45, 7) is 2.43. The van der Waals surface area contributed by atoms with Gasteiger partial charge in [-0.05, 0) is 43.3 Å². The largest absolute Gasteiger partial charge is 0.497 e. The Balaban J connectivity index is 1.59. The molecule has 1 atom stereocenters. The summed E-state index contributed by atoms with van der Waals surface area (Å²) in [4.78, 5) is 11.0. The van der Waals surface area contributed by atoms with Gasteiger partial charge in [-0.2, -0.15) is 15.2 Å². The van der Waals surface area contributed by atoms with E-state index in [1.807, 2.05) is 67.6 Å². The molecule has 1 unspecified atom stereocenters. The molecule has 0 bridgehead atoms. The first-order chi connectivity index (χ1) is 18.1. The van der Waals surface area contributed by atoms with E-state index in [0.29, 0.717) is 46.2 Å². The van der Waals surface area contributed by atoms with Crippen LogP contribution < -0.4 is 14.8 Å². The zero-order valence-electron chi connectivity index (χ0n) is 20.7. The molecule has 0 radical (unpaired) electrons. The van der Waals surface area contributed by atoms with Gasteiger partial charge < -0.3 is 14.8 Å². The summed E-state index contributed by atoms with van der Waals surface area (Å²) in [7, 11) is 3.24. The number of hydrogen-bond donors (Lipinski definition) is 1. The summed E-state index contributed by atoms with van der Waals surface area (Å²) in [6, 6.07) is 22.7. The lowest BCUT2D eigenvalue weighted by molar-refractivity contribution is 0.391. The third-order valence-corrected chi connectivity index (χ3v) is 6.11. The van der Waals surface area contributed by atoms with Gasteiger partial charge in [0.25, 0.3) is 0 Å². The minimum Gasteiger partial charge on any atom is -0.497 e. The summed E-state index contributed by atoms with van der Waals surface area (Å²) < 4.78 is 10.9. The molecular weight excluding hydrogens is 466 g/mol. The molecule has 37 heavy (non-hydrogen) atoms. The second kappa shape index (κ2) is 10.3. The Morgan fingerprint density at radius 2 is 1.84 bits per heavy atom. The second-order valence-corrected chi connectivity index (χ2v) is 8.36. The van der Waals surface area contributed by atoms with E-state index in [1.165, 1.54) is 0 Å². The van der Waals surface area contributed by atoms with Gasteiger partial charge in [-0.25, -0.2) is 4.98 Å². The molecule has 184 valence electrons. The van der Waals surface area contributed by atoms with E-state index in [2.05, 4.69) is 16.4 Å². The van der Waals surface area contributed by atoms with Gasteiger partial charge in [0.15, 0.2) is 11.3 Å². The fraction of sp³-hybridized carbons (Fsp3) is 0.179. The van der Waals surface area contributed by atoms with Crippen LogP contribution in [0.2, 0.25) is 0 Å². The third kappa shape index (κ3) is 4.77. The van der Waals surface area contributed by atoms with Crippen LogP contribution in [-0.2, 0) is 6.54 Å². The van der Waals surface area contributed by atoms with Gasteiger partial charge in [-0.3, -0.25) is 4.98 Å². The Bertz CT molecular complexity index is 1590. The Kier molecular flexibility index (Phi) is 6.64. The van der Waals surface area contributed by atoms with E-state index in [1.54, 1.807) is 31.3 Å². The first-order valence-electron chi connectivity index (χ1n) is 11.7. The van der Waals surface area contributed by atoms with E-state index < -0.39 is 0 Å². The maximum atomic E-state index is 9.66. The van der Waals surface area contributed by atoms with E-state index in [-0.39, 0.29) is 6.04 Å².